The Morgan fingerprint density at radius 1 is 0.565 bits per heavy atom. The molecule has 0 aliphatic rings. The van der Waals surface area contributed by atoms with E-state index in [1.54, 1.807) is 36.4 Å². The van der Waals surface area contributed by atoms with Gasteiger partial charge in [-0.2, -0.15) is 8.78 Å². The number of benzene rings is 3. The first kappa shape index (κ1) is 16.3. The first-order valence-corrected chi connectivity index (χ1v) is 9.78. The molecule has 0 heterocycles. The summed E-state index contributed by atoms with van der Waals surface area (Å²) in [5, 5.41) is 1.96. The van der Waals surface area contributed by atoms with Crippen LogP contribution in [0, 0.1) is 0 Å². The van der Waals surface area contributed by atoms with Crippen LogP contribution in [0.4, 0.5) is 8.78 Å². The van der Waals surface area contributed by atoms with Crippen molar-refractivity contribution in [2.45, 2.75) is 4.57 Å². The van der Waals surface area contributed by atoms with Crippen molar-refractivity contribution in [3.8, 4) is 0 Å². The SMILES string of the molecule is FC(F)(Br)[P+](c1ccccc1)(c1ccccc1)c1ccccc1. The second-order valence-corrected chi connectivity index (χ2v) is 10.2. The van der Waals surface area contributed by atoms with E-state index in [1.165, 1.54) is 0 Å². The molecule has 116 valence electrons. The number of hydrogen-bond donors (Lipinski definition) is 0. The summed E-state index contributed by atoms with van der Waals surface area (Å²) in [4.78, 5) is 0. The largest absolute Gasteiger partial charge is 0.422 e. The number of halogens is 3. The molecule has 3 rings (SSSR count). The van der Waals surface area contributed by atoms with Gasteiger partial charge in [-0.25, -0.2) is 0 Å². The van der Waals surface area contributed by atoms with Crippen LogP contribution in [-0.2, 0) is 0 Å². The Kier molecular flexibility index (Phi) is 4.61. The van der Waals surface area contributed by atoms with E-state index in [0.29, 0.717) is 15.9 Å². The number of hydrogen-bond acceptors (Lipinski definition) is 0. The molecule has 23 heavy (non-hydrogen) atoms. The molecule has 0 unspecified atom stereocenters. The lowest BCUT2D eigenvalue weighted by Gasteiger charge is -2.30. The van der Waals surface area contributed by atoms with E-state index in [1.807, 2.05) is 54.6 Å². The van der Waals surface area contributed by atoms with Gasteiger partial charge in [0, 0.05) is 15.9 Å². The van der Waals surface area contributed by atoms with E-state index in [2.05, 4.69) is 15.9 Å². The van der Waals surface area contributed by atoms with Gasteiger partial charge in [0.25, 0.3) is 0 Å². The lowest BCUT2D eigenvalue weighted by atomic mass is 10.4. The molecule has 0 atom stereocenters. The molecule has 3 aromatic rings. The van der Waals surface area contributed by atoms with Crippen molar-refractivity contribution in [2.75, 3.05) is 0 Å². The van der Waals surface area contributed by atoms with Gasteiger partial charge in [-0.1, -0.05) is 54.6 Å². The highest BCUT2D eigenvalue weighted by Crippen LogP contribution is 2.69. The summed E-state index contributed by atoms with van der Waals surface area (Å²) >= 11 is 2.73. The molecule has 0 saturated carbocycles. The monoisotopic (exact) mass is 391 g/mol. The van der Waals surface area contributed by atoms with Gasteiger partial charge >= 0.3 is 4.57 Å². The lowest BCUT2D eigenvalue weighted by molar-refractivity contribution is 0.213. The summed E-state index contributed by atoms with van der Waals surface area (Å²) in [5.74, 6) is 0. The zero-order chi connectivity index (χ0) is 16.3. The van der Waals surface area contributed by atoms with E-state index in [4.69, 9.17) is 0 Å². The van der Waals surface area contributed by atoms with E-state index in [0.717, 1.165) is 0 Å². The van der Waals surface area contributed by atoms with Gasteiger partial charge in [-0.3, -0.25) is 0 Å². The van der Waals surface area contributed by atoms with Crippen LogP contribution in [0.2, 0.25) is 0 Å². The summed E-state index contributed by atoms with van der Waals surface area (Å²) in [6, 6.07) is 27.2. The average molecular weight is 392 g/mol. The zero-order valence-electron chi connectivity index (χ0n) is 12.2. The summed E-state index contributed by atoms with van der Waals surface area (Å²) in [6.45, 7) is 0. The van der Waals surface area contributed by atoms with Crippen molar-refractivity contribution in [1.29, 1.82) is 0 Å². The maximum atomic E-state index is 15.1. The Morgan fingerprint density at radius 3 is 1.04 bits per heavy atom. The molecule has 0 aliphatic heterocycles. The molecule has 0 radical (unpaired) electrons. The van der Waals surface area contributed by atoms with Crippen molar-refractivity contribution < 1.29 is 8.78 Å². The second kappa shape index (κ2) is 6.51. The van der Waals surface area contributed by atoms with Crippen LogP contribution in [0.3, 0.4) is 0 Å². The van der Waals surface area contributed by atoms with Gasteiger partial charge < -0.3 is 0 Å². The highest BCUT2D eigenvalue weighted by molar-refractivity contribution is 9.11. The number of alkyl halides is 3. The van der Waals surface area contributed by atoms with Crippen LogP contribution >= 0.6 is 23.2 Å². The fraction of sp³-hybridized carbons (Fsp3) is 0.0526. The summed E-state index contributed by atoms with van der Waals surface area (Å²) in [5.41, 5.74) is 0. The molecule has 3 aromatic carbocycles. The van der Waals surface area contributed by atoms with Crippen molar-refractivity contribution >= 4 is 39.1 Å². The molecule has 0 nitrogen and oxygen atoms in total. The summed E-state index contributed by atoms with van der Waals surface area (Å²) in [6.07, 6.45) is 0. The van der Waals surface area contributed by atoms with Gasteiger partial charge in [0.1, 0.15) is 15.9 Å². The maximum Gasteiger partial charge on any atom is 0.422 e. The highest BCUT2D eigenvalue weighted by atomic mass is 79.9. The smallest absolute Gasteiger partial charge is 0.154 e. The predicted octanol–water partition coefficient (Wildman–Crippen LogP) is 4.93. The molecular weight excluding hydrogens is 377 g/mol. The molecule has 0 spiro atoms. The van der Waals surface area contributed by atoms with Gasteiger partial charge in [-0.05, 0) is 36.4 Å². The van der Waals surface area contributed by atoms with Crippen LogP contribution < -0.4 is 15.9 Å². The second-order valence-electron chi connectivity index (χ2n) is 5.15. The molecule has 0 N–H and O–H groups in total. The first-order chi connectivity index (χ1) is 11.1. The fourth-order valence-corrected chi connectivity index (χ4v) is 8.31. The van der Waals surface area contributed by atoms with Gasteiger partial charge in [0.05, 0.1) is 0 Å². The third-order valence-corrected chi connectivity index (χ3v) is 9.39. The quantitative estimate of drug-likeness (QED) is 0.437. The molecule has 0 amide bonds. The van der Waals surface area contributed by atoms with E-state index in [9.17, 15) is 0 Å². The Labute approximate surface area is 143 Å². The van der Waals surface area contributed by atoms with Crippen molar-refractivity contribution in [2.24, 2.45) is 0 Å². The van der Waals surface area contributed by atoms with E-state index < -0.39 is 11.8 Å². The Bertz CT molecular complexity index is 659. The van der Waals surface area contributed by atoms with Crippen molar-refractivity contribution in [3.05, 3.63) is 91.0 Å². The molecule has 0 bridgehead atoms. The first-order valence-electron chi connectivity index (χ1n) is 7.19. The Balaban J connectivity index is 2.41. The van der Waals surface area contributed by atoms with Gasteiger partial charge in [0.2, 0.25) is 0 Å². The molecule has 4 heteroatoms. The molecular formula is C19H15BrF2P+. The van der Waals surface area contributed by atoms with Crippen molar-refractivity contribution in [1.82, 2.24) is 0 Å². The van der Waals surface area contributed by atoms with E-state index >= 15 is 8.78 Å². The van der Waals surface area contributed by atoms with Gasteiger partial charge in [-0.15, -0.1) is 0 Å². The standard InChI is InChI=1S/C19H15BrF2P/c20-19(21,22)23(16-10-4-1-5-11-16,17-12-6-2-7-13-17)18-14-8-3-9-15-18/h1-15H/q+1. The van der Waals surface area contributed by atoms with Crippen molar-refractivity contribution in [3.63, 3.8) is 0 Å². The third kappa shape index (κ3) is 2.84. The van der Waals surface area contributed by atoms with Crippen LogP contribution in [0.1, 0.15) is 0 Å². The minimum absolute atomic E-state index is 0.652. The molecule has 0 saturated heterocycles. The summed E-state index contributed by atoms with van der Waals surface area (Å²) in [7, 11) is -3.15. The third-order valence-electron chi connectivity index (χ3n) is 3.81. The zero-order valence-corrected chi connectivity index (χ0v) is 14.7. The van der Waals surface area contributed by atoms with Crippen LogP contribution in [-0.4, -0.2) is 4.57 Å². The Morgan fingerprint density at radius 2 is 0.826 bits per heavy atom. The van der Waals surface area contributed by atoms with Crippen LogP contribution in [0.25, 0.3) is 0 Å². The average Bonchev–Trinajstić information content (AvgIpc) is 2.57. The van der Waals surface area contributed by atoms with Crippen LogP contribution in [0.5, 0.6) is 0 Å². The topological polar surface area (TPSA) is 0 Å². The molecule has 0 aliphatic carbocycles. The normalized spacial score (nSPS) is 12.1. The Hall–Kier alpha value is -1.57. The minimum atomic E-state index is -3.15. The summed E-state index contributed by atoms with van der Waals surface area (Å²) < 4.78 is 27.1. The molecule has 0 fully saturated rings. The lowest BCUT2D eigenvalue weighted by Crippen LogP contribution is -2.39. The highest BCUT2D eigenvalue weighted by Gasteiger charge is 2.64. The predicted molar refractivity (Wildman–Crippen MR) is 99.0 cm³/mol. The fourth-order valence-electron chi connectivity index (χ4n) is 2.84. The number of rotatable bonds is 4. The minimum Gasteiger partial charge on any atom is -0.154 e. The van der Waals surface area contributed by atoms with Gasteiger partial charge in [0.15, 0.2) is 7.26 Å². The van der Waals surface area contributed by atoms with E-state index in [-0.39, 0.29) is 0 Å². The maximum absolute atomic E-state index is 15.1. The van der Waals surface area contributed by atoms with Crippen LogP contribution in [0.15, 0.2) is 91.0 Å². The molecule has 0 aromatic heterocycles.